The fourth-order valence-corrected chi connectivity index (χ4v) is 3.72. The highest BCUT2D eigenvalue weighted by atomic mass is 31.1. The number of rotatable bonds is 0. The molecule has 0 N–H and O–H groups in total. The van der Waals surface area contributed by atoms with Gasteiger partial charge in [-0.3, -0.25) is 0 Å². The molecule has 3 aromatic carbocycles. The monoisotopic (exact) mass is 294 g/mol. The van der Waals surface area contributed by atoms with Crippen LogP contribution in [0.1, 0.15) is 5.56 Å². The van der Waals surface area contributed by atoms with Gasteiger partial charge in [-0.05, 0) is 35.9 Å². The molecule has 0 aliphatic carbocycles. The Balaban J connectivity index is 2.41. The molecule has 0 bridgehead atoms. The summed E-state index contributed by atoms with van der Waals surface area (Å²) in [4.78, 5) is 0. The molecule has 1 atom stereocenters. The lowest BCUT2D eigenvalue weighted by Gasteiger charge is -2.02. The minimum Gasteiger partial charge on any atom is -0.419 e. The zero-order valence-corrected chi connectivity index (χ0v) is 12.9. The molecule has 0 radical (unpaired) electrons. The van der Waals surface area contributed by atoms with E-state index >= 15 is 0 Å². The van der Waals surface area contributed by atoms with Crippen LogP contribution in [0.25, 0.3) is 32.7 Å². The first kappa shape index (κ1) is 12.6. The Morgan fingerprint density at radius 1 is 0.810 bits per heavy atom. The molecule has 4 rings (SSSR count). The third-order valence-corrected chi connectivity index (χ3v) is 4.66. The second-order valence-corrected chi connectivity index (χ2v) is 6.53. The number of benzene rings is 3. The Bertz CT molecular complexity index is 1020. The zero-order chi connectivity index (χ0) is 14.4. The standard InChI is InChI=1S/C18H15O2P/c1-12-7-9-16-15(11-12)18-14-6-4-3-5-13(14)8-10-17(18)20-21(2)19-16/h3-11H,1-2H3. The Kier molecular flexibility index (Phi) is 2.80. The average Bonchev–Trinajstić information content (AvgIpc) is 2.62. The SMILES string of the molecule is Cc1ccc2op(C)oc3ccc4ccccc4c3c2c1. The molecule has 0 spiro atoms. The van der Waals surface area contributed by atoms with E-state index < -0.39 is 8.01 Å². The van der Waals surface area contributed by atoms with Crippen LogP contribution in [-0.4, -0.2) is 0 Å². The fourth-order valence-electron chi connectivity index (χ4n) is 2.82. The second-order valence-electron chi connectivity index (χ2n) is 5.28. The maximum absolute atomic E-state index is 6.03. The minimum atomic E-state index is -0.956. The van der Waals surface area contributed by atoms with Gasteiger partial charge in [-0.1, -0.05) is 42.0 Å². The van der Waals surface area contributed by atoms with Crippen molar-refractivity contribution in [3.63, 3.8) is 0 Å². The highest BCUT2D eigenvalue weighted by molar-refractivity contribution is 7.35. The van der Waals surface area contributed by atoms with Crippen molar-refractivity contribution in [2.45, 2.75) is 6.92 Å². The Labute approximate surface area is 123 Å². The summed E-state index contributed by atoms with van der Waals surface area (Å²) in [6.07, 6.45) is 0. The minimum absolute atomic E-state index is 0.907. The quantitative estimate of drug-likeness (QED) is 0.381. The van der Waals surface area contributed by atoms with Crippen molar-refractivity contribution >= 4 is 40.7 Å². The Morgan fingerprint density at radius 3 is 2.48 bits per heavy atom. The van der Waals surface area contributed by atoms with E-state index in [9.17, 15) is 0 Å². The first-order valence-corrected chi connectivity index (χ1v) is 8.57. The van der Waals surface area contributed by atoms with E-state index in [0.717, 1.165) is 21.9 Å². The highest BCUT2D eigenvalue weighted by Crippen LogP contribution is 2.36. The molecule has 0 aliphatic rings. The number of aryl methyl sites for hydroxylation is 2. The van der Waals surface area contributed by atoms with Gasteiger partial charge in [0.25, 0.3) is 0 Å². The fraction of sp³-hybridized carbons (Fsp3) is 0.111. The lowest BCUT2D eigenvalue weighted by Crippen LogP contribution is -1.78. The molecule has 3 heteroatoms. The topological polar surface area (TPSA) is 26.3 Å². The van der Waals surface area contributed by atoms with Gasteiger partial charge in [-0.2, -0.15) is 0 Å². The van der Waals surface area contributed by atoms with Crippen molar-refractivity contribution in [3.05, 3.63) is 60.2 Å². The molecular weight excluding hydrogens is 279 g/mol. The van der Waals surface area contributed by atoms with E-state index in [1.807, 2.05) is 12.7 Å². The van der Waals surface area contributed by atoms with Crippen molar-refractivity contribution in [1.29, 1.82) is 0 Å². The van der Waals surface area contributed by atoms with Crippen molar-refractivity contribution in [2.24, 2.45) is 6.66 Å². The summed E-state index contributed by atoms with van der Waals surface area (Å²) in [6.45, 7) is 4.09. The summed E-state index contributed by atoms with van der Waals surface area (Å²) in [5, 5.41) is 4.68. The lowest BCUT2D eigenvalue weighted by molar-refractivity contribution is 0.644. The molecule has 0 saturated heterocycles. The van der Waals surface area contributed by atoms with Gasteiger partial charge in [0.1, 0.15) is 11.2 Å². The van der Waals surface area contributed by atoms with Crippen molar-refractivity contribution in [3.8, 4) is 0 Å². The van der Waals surface area contributed by atoms with Gasteiger partial charge >= 0.3 is 0 Å². The summed E-state index contributed by atoms with van der Waals surface area (Å²) < 4.78 is 12.0. The van der Waals surface area contributed by atoms with E-state index in [2.05, 4.69) is 55.5 Å². The molecule has 0 saturated carbocycles. The van der Waals surface area contributed by atoms with Crippen LogP contribution in [0.2, 0.25) is 0 Å². The maximum Gasteiger partial charge on any atom is 0.213 e. The number of hydrogen-bond acceptors (Lipinski definition) is 2. The Hall–Kier alpha value is -2.18. The molecular formula is C18H15O2P. The van der Waals surface area contributed by atoms with Crippen LogP contribution in [0, 0.1) is 6.92 Å². The lowest BCUT2D eigenvalue weighted by atomic mass is 10.0. The van der Waals surface area contributed by atoms with Crippen LogP contribution in [0.5, 0.6) is 0 Å². The van der Waals surface area contributed by atoms with Crippen molar-refractivity contribution in [2.75, 3.05) is 0 Å². The maximum atomic E-state index is 6.03. The molecule has 104 valence electrons. The molecule has 0 aliphatic heterocycles. The first-order chi connectivity index (χ1) is 10.2. The number of fused-ring (bicyclic) bond motifs is 5. The molecule has 2 nitrogen and oxygen atoms in total. The van der Waals surface area contributed by atoms with Gasteiger partial charge in [0, 0.05) is 17.4 Å². The summed E-state index contributed by atoms with van der Waals surface area (Å²) in [5.74, 6) is 0. The van der Waals surface area contributed by atoms with Crippen LogP contribution in [0.3, 0.4) is 0 Å². The van der Waals surface area contributed by atoms with Gasteiger partial charge in [-0.25, -0.2) is 0 Å². The van der Waals surface area contributed by atoms with Crippen LogP contribution < -0.4 is 0 Å². The molecule has 1 aromatic heterocycles. The normalized spacial score (nSPS) is 12.2. The molecule has 21 heavy (non-hydrogen) atoms. The molecule has 1 unspecified atom stereocenters. The Morgan fingerprint density at radius 2 is 1.57 bits per heavy atom. The predicted molar refractivity (Wildman–Crippen MR) is 89.5 cm³/mol. The summed E-state index contributed by atoms with van der Waals surface area (Å²) in [6, 6.07) is 18.9. The molecule has 4 aromatic rings. The van der Waals surface area contributed by atoms with Gasteiger partial charge in [0.15, 0.2) is 0 Å². The second kappa shape index (κ2) is 4.68. The summed E-state index contributed by atoms with van der Waals surface area (Å²) >= 11 is 0. The highest BCUT2D eigenvalue weighted by Gasteiger charge is 2.08. The van der Waals surface area contributed by atoms with E-state index in [1.54, 1.807) is 0 Å². The third kappa shape index (κ3) is 2.03. The van der Waals surface area contributed by atoms with Gasteiger partial charge in [-0.15, -0.1) is 0 Å². The van der Waals surface area contributed by atoms with Crippen LogP contribution in [0.4, 0.5) is 0 Å². The molecule has 0 fully saturated rings. The van der Waals surface area contributed by atoms with Gasteiger partial charge < -0.3 is 8.39 Å². The van der Waals surface area contributed by atoms with E-state index in [0.29, 0.717) is 0 Å². The van der Waals surface area contributed by atoms with Gasteiger partial charge in [0.2, 0.25) is 8.01 Å². The zero-order valence-electron chi connectivity index (χ0n) is 12.0. The molecule has 1 heterocycles. The smallest absolute Gasteiger partial charge is 0.213 e. The third-order valence-electron chi connectivity index (χ3n) is 3.75. The summed E-state index contributed by atoms with van der Waals surface area (Å²) in [7, 11) is -0.956. The summed E-state index contributed by atoms with van der Waals surface area (Å²) in [5.41, 5.74) is 3.04. The van der Waals surface area contributed by atoms with Crippen LogP contribution >= 0.6 is 8.01 Å². The van der Waals surface area contributed by atoms with E-state index in [-0.39, 0.29) is 0 Å². The van der Waals surface area contributed by atoms with Crippen LogP contribution in [-0.2, 0) is 6.66 Å². The van der Waals surface area contributed by atoms with Crippen LogP contribution in [0.15, 0.2) is 63.0 Å². The average molecular weight is 294 g/mol. The first-order valence-electron chi connectivity index (χ1n) is 6.95. The van der Waals surface area contributed by atoms with Crippen molar-refractivity contribution in [1.82, 2.24) is 0 Å². The van der Waals surface area contributed by atoms with E-state index in [1.165, 1.54) is 16.3 Å². The largest absolute Gasteiger partial charge is 0.419 e. The van der Waals surface area contributed by atoms with Crippen molar-refractivity contribution < 1.29 is 8.39 Å². The molecule has 0 amide bonds. The predicted octanol–water partition coefficient (Wildman–Crippen LogP) is 6.29. The number of hydrogen-bond donors (Lipinski definition) is 0. The van der Waals surface area contributed by atoms with E-state index in [4.69, 9.17) is 8.39 Å². The van der Waals surface area contributed by atoms with Gasteiger partial charge in [0.05, 0.1) is 0 Å².